The molecule has 0 amide bonds. The summed E-state index contributed by atoms with van der Waals surface area (Å²) in [4.78, 5) is 0. The molecule has 1 saturated carbocycles. The minimum atomic E-state index is 0.127. The Morgan fingerprint density at radius 1 is 1.38 bits per heavy atom. The fraction of sp³-hybridized carbons (Fsp3) is 0.538. The van der Waals surface area contributed by atoms with Crippen molar-refractivity contribution in [2.75, 3.05) is 6.61 Å². The van der Waals surface area contributed by atoms with Crippen molar-refractivity contribution < 1.29 is 4.74 Å². The largest absolute Gasteiger partial charge is 0.491 e. The molecule has 0 spiro atoms. The van der Waals surface area contributed by atoms with E-state index in [-0.39, 0.29) is 5.54 Å². The van der Waals surface area contributed by atoms with Gasteiger partial charge in [-0.15, -0.1) is 0 Å². The number of nitrogens with two attached hydrogens (primary N) is 1. The van der Waals surface area contributed by atoms with Gasteiger partial charge in [0.25, 0.3) is 0 Å². The van der Waals surface area contributed by atoms with Gasteiger partial charge in [0.1, 0.15) is 5.75 Å². The Balaban J connectivity index is 1.77. The molecule has 1 aliphatic carbocycles. The Kier molecular flexibility index (Phi) is 2.37. The molecule has 1 aromatic carbocycles. The molecular formula is C13H16ClNO. The minimum absolute atomic E-state index is 0.127. The van der Waals surface area contributed by atoms with Gasteiger partial charge in [-0.2, -0.15) is 0 Å². The summed E-state index contributed by atoms with van der Waals surface area (Å²) < 4.78 is 5.49. The summed E-state index contributed by atoms with van der Waals surface area (Å²) in [6.45, 7) is 0.763. The molecule has 1 fully saturated rings. The van der Waals surface area contributed by atoms with E-state index in [0.29, 0.717) is 0 Å². The summed E-state index contributed by atoms with van der Waals surface area (Å²) in [6.07, 6.45) is 5.44. The van der Waals surface area contributed by atoms with Crippen LogP contribution in [-0.2, 0) is 12.8 Å². The van der Waals surface area contributed by atoms with Gasteiger partial charge in [0.15, 0.2) is 0 Å². The zero-order valence-corrected chi connectivity index (χ0v) is 10.0. The summed E-state index contributed by atoms with van der Waals surface area (Å²) in [5.74, 6) is 0.888. The molecule has 1 heterocycles. The number of halogens is 1. The number of benzene rings is 1. The molecule has 3 rings (SSSR count). The van der Waals surface area contributed by atoms with E-state index >= 15 is 0 Å². The second-order valence-electron chi connectivity index (χ2n) is 5.03. The number of ether oxygens (including phenoxy) is 1. The molecule has 0 aromatic heterocycles. The maximum absolute atomic E-state index is 6.18. The van der Waals surface area contributed by atoms with Gasteiger partial charge in [-0.25, -0.2) is 0 Å². The normalized spacial score (nSPS) is 20.4. The van der Waals surface area contributed by atoms with E-state index in [9.17, 15) is 0 Å². The smallest absolute Gasteiger partial charge is 0.141 e. The first-order valence-corrected chi connectivity index (χ1v) is 6.27. The highest BCUT2D eigenvalue weighted by Crippen LogP contribution is 2.38. The van der Waals surface area contributed by atoms with Gasteiger partial charge in [-0.1, -0.05) is 17.7 Å². The van der Waals surface area contributed by atoms with Crippen LogP contribution < -0.4 is 10.5 Å². The van der Waals surface area contributed by atoms with Gasteiger partial charge in [0, 0.05) is 12.0 Å². The Morgan fingerprint density at radius 3 is 2.94 bits per heavy atom. The van der Waals surface area contributed by atoms with Crippen LogP contribution in [0.3, 0.4) is 0 Å². The fourth-order valence-corrected chi connectivity index (χ4v) is 2.59. The lowest BCUT2D eigenvalue weighted by Crippen LogP contribution is -2.22. The molecular weight excluding hydrogens is 222 g/mol. The molecule has 0 saturated heterocycles. The van der Waals surface area contributed by atoms with Crippen LogP contribution in [0.15, 0.2) is 12.1 Å². The predicted octanol–water partition coefficient (Wildman–Crippen LogP) is 2.70. The molecule has 0 unspecified atom stereocenters. The molecule has 2 aliphatic rings. The first-order chi connectivity index (χ1) is 7.66. The van der Waals surface area contributed by atoms with Crippen LogP contribution in [0.1, 0.15) is 30.4 Å². The zero-order valence-electron chi connectivity index (χ0n) is 9.26. The van der Waals surface area contributed by atoms with Crippen LogP contribution in [0.4, 0.5) is 0 Å². The van der Waals surface area contributed by atoms with Crippen LogP contribution in [-0.4, -0.2) is 12.1 Å². The zero-order chi connectivity index (χ0) is 11.2. The lowest BCUT2D eigenvalue weighted by Gasteiger charge is -2.10. The average molecular weight is 238 g/mol. The number of rotatable bonds is 3. The van der Waals surface area contributed by atoms with Crippen molar-refractivity contribution in [3.05, 3.63) is 28.3 Å². The Labute approximate surface area is 101 Å². The lowest BCUT2D eigenvalue weighted by molar-refractivity contribution is 0.357. The third kappa shape index (κ3) is 1.92. The molecule has 16 heavy (non-hydrogen) atoms. The quantitative estimate of drug-likeness (QED) is 0.878. The van der Waals surface area contributed by atoms with E-state index in [1.54, 1.807) is 0 Å². The average Bonchev–Trinajstić information content (AvgIpc) is 2.79. The van der Waals surface area contributed by atoms with E-state index in [4.69, 9.17) is 22.1 Å². The molecule has 0 bridgehead atoms. The number of aryl methyl sites for hydroxylation is 1. The van der Waals surface area contributed by atoms with Crippen molar-refractivity contribution in [2.24, 2.45) is 5.73 Å². The minimum Gasteiger partial charge on any atom is -0.491 e. The van der Waals surface area contributed by atoms with Gasteiger partial charge in [0.05, 0.1) is 11.6 Å². The van der Waals surface area contributed by atoms with E-state index in [1.165, 1.54) is 24.0 Å². The number of hydrogen-bond donors (Lipinski definition) is 1. The summed E-state index contributed by atoms with van der Waals surface area (Å²) in [6, 6.07) is 4.25. The Bertz CT molecular complexity index is 426. The summed E-state index contributed by atoms with van der Waals surface area (Å²) in [5, 5.41) is 0.756. The standard InChI is InChI=1S/C13H16ClNO/c14-11-8-9(1-3-13(15)4-5-13)7-10-2-6-16-12(10)11/h7-8H,1-6,15H2. The molecule has 3 heteroatoms. The summed E-state index contributed by atoms with van der Waals surface area (Å²) in [5.41, 5.74) is 8.77. The number of hydrogen-bond acceptors (Lipinski definition) is 2. The summed E-state index contributed by atoms with van der Waals surface area (Å²) >= 11 is 6.18. The molecule has 0 radical (unpaired) electrons. The van der Waals surface area contributed by atoms with Crippen molar-refractivity contribution in [3.63, 3.8) is 0 Å². The van der Waals surface area contributed by atoms with E-state index < -0.39 is 0 Å². The monoisotopic (exact) mass is 237 g/mol. The third-order valence-corrected chi connectivity index (χ3v) is 3.88. The van der Waals surface area contributed by atoms with Crippen molar-refractivity contribution >= 4 is 11.6 Å². The molecule has 86 valence electrons. The Morgan fingerprint density at radius 2 is 2.19 bits per heavy atom. The maximum atomic E-state index is 6.18. The SMILES string of the molecule is NC1(CCc2cc(Cl)c3c(c2)CCO3)CC1. The maximum Gasteiger partial charge on any atom is 0.141 e. The van der Waals surface area contributed by atoms with Crippen molar-refractivity contribution in [1.29, 1.82) is 0 Å². The second kappa shape index (κ2) is 3.64. The Hall–Kier alpha value is -0.730. The first-order valence-electron chi connectivity index (χ1n) is 5.89. The highest BCUT2D eigenvalue weighted by molar-refractivity contribution is 6.32. The van der Waals surface area contributed by atoms with Crippen LogP contribution >= 0.6 is 11.6 Å². The van der Waals surface area contributed by atoms with Gasteiger partial charge < -0.3 is 10.5 Å². The van der Waals surface area contributed by atoms with E-state index in [1.807, 2.05) is 6.07 Å². The van der Waals surface area contributed by atoms with Gasteiger partial charge in [-0.05, 0) is 42.9 Å². The molecule has 2 N–H and O–H groups in total. The van der Waals surface area contributed by atoms with Gasteiger partial charge >= 0.3 is 0 Å². The van der Waals surface area contributed by atoms with E-state index in [0.717, 1.165) is 36.6 Å². The van der Waals surface area contributed by atoms with Gasteiger partial charge in [-0.3, -0.25) is 0 Å². The second-order valence-corrected chi connectivity index (χ2v) is 5.43. The van der Waals surface area contributed by atoms with Crippen LogP contribution in [0.25, 0.3) is 0 Å². The molecule has 0 atom stereocenters. The highest BCUT2D eigenvalue weighted by Gasteiger charge is 2.37. The fourth-order valence-electron chi connectivity index (χ4n) is 2.27. The van der Waals surface area contributed by atoms with Crippen LogP contribution in [0.5, 0.6) is 5.75 Å². The van der Waals surface area contributed by atoms with E-state index in [2.05, 4.69) is 6.07 Å². The lowest BCUT2D eigenvalue weighted by atomic mass is 10.0. The molecule has 2 nitrogen and oxygen atoms in total. The first kappa shape index (κ1) is 10.4. The summed E-state index contributed by atoms with van der Waals surface area (Å²) in [7, 11) is 0. The predicted molar refractivity (Wildman–Crippen MR) is 65.1 cm³/mol. The van der Waals surface area contributed by atoms with Crippen LogP contribution in [0, 0.1) is 0 Å². The van der Waals surface area contributed by atoms with Crippen molar-refractivity contribution in [1.82, 2.24) is 0 Å². The van der Waals surface area contributed by atoms with Crippen molar-refractivity contribution in [3.8, 4) is 5.75 Å². The number of fused-ring (bicyclic) bond motifs is 1. The topological polar surface area (TPSA) is 35.2 Å². The van der Waals surface area contributed by atoms with Crippen LogP contribution in [0.2, 0.25) is 5.02 Å². The van der Waals surface area contributed by atoms with Gasteiger partial charge in [0.2, 0.25) is 0 Å². The van der Waals surface area contributed by atoms with Crippen molar-refractivity contribution in [2.45, 2.75) is 37.6 Å². The molecule has 1 aromatic rings. The highest BCUT2D eigenvalue weighted by atomic mass is 35.5. The molecule has 1 aliphatic heterocycles. The third-order valence-electron chi connectivity index (χ3n) is 3.60.